The van der Waals surface area contributed by atoms with E-state index in [1.54, 1.807) is 4.90 Å². The standard InChI is InChI=1S/C12H17N3O4S/c1-7(2)10-11(20-14-13-10)12(18)15-3-4-19-8(6-15)5-9(16)17/h7-8H,3-6H2,1-2H3,(H,16,17). The molecule has 0 radical (unpaired) electrons. The molecule has 1 fully saturated rings. The predicted molar refractivity (Wildman–Crippen MR) is 71.9 cm³/mol. The molecule has 0 aliphatic carbocycles. The summed E-state index contributed by atoms with van der Waals surface area (Å²) in [7, 11) is 0. The Balaban J connectivity index is 2.08. The van der Waals surface area contributed by atoms with E-state index < -0.39 is 12.1 Å². The van der Waals surface area contributed by atoms with Crippen LogP contribution in [0.15, 0.2) is 0 Å². The van der Waals surface area contributed by atoms with E-state index in [1.807, 2.05) is 13.8 Å². The predicted octanol–water partition coefficient (Wildman–Crippen LogP) is 0.977. The number of ether oxygens (including phenoxy) is 1. The number of carboxylic acids is 1. The van der Waals surface area contributed by atoms with Crippen LogP contribution in [0.4, 0.5) is 0 Å². The monoisotopic (exact) mass is 299 g/mol. The van der Waals surface area contributed by atoms with Crippen molar-refractivity contribution in [2.24, 2.45) is 0 Å². The Hall–Kier alpha value is -1.54. The SMILES string of the molecule is CC(C)c1nnsc1C(=O)N1CCOC(CC(=O)O)C1. The minimum atomic E-state index is -0.924. The lowest BCUT2D eigenvalue weighted by atomic mass is 10.1. The average Bonchev–Trinajstić information content (AvgIpc) is 2.86. The number of rotatable bonds is 4. The second-order valence-corrected chi connectivity index (χ2v) is 5.74. The van der Waals surface area contributed by atoms with Gasteiger partial charge in [-0.05, 0) is 17.5 Å². The topological polar surface area (TPSA) is 92.6 Å². The third-order valence-electron chi connectivity index (χ3n) is 3.08. The number of amides is 1. The Morgan fingerprint density at radius 3 is 2.95 bits per heavy atom. The molecule has 1 amide bonds. The van der Waals surface area contributed by atoms with Crippen LogP contribution in [0.1, 0.15) is 41.6 Å². The first-order chi connectivity index (χ1) is 9.49. The van der Waals surface area contributed by atoms with Crippen LogP contribution >= 0.6 is 11.5 Å². The smallest absolute Gasteiger partial charge is 0.306 e. The van der Waals surface area contributed by atoms with Crippen LogP contribution in [0.3, 0.4) is 0 Å². The van der Waals surface area contributed by atoms with Gasteiger partial charge in [0.2, 0.25) is 0 Å². The van der Waals surface area contributed by atoms with Gasteiger partial charge in [0.25, 0.3) is 5.91 Å². The molecule has 110 valence electrons. The molecule has 0 saturated carbocycles. The first-order valence-electron chi connectivity index (χ1n) is 6.44. The van der Waals surface area contributed by atoms with Crippen LogP contribution in [0, 0.1) is 0 Å². The van der Waals surface area contributed by atoms with E-state index in [-0.39, 0.29) is 18.2 Å². The maximum Gasteiger partial charge on any atom is 0.306 e. The van der Waals surface area contributed by atoms with Crippen molar-refractivity contribution in [3.05, 3.63) is 10.6 Å². The Morgan fingerprint density at radius 1 is 1.55 bits per heavy atom. The molecule has 1 aliphatic heterocycles. The van der Waals surface area contributed by atoms with Crippen molar-refractivity contribution in [2.45, 2.75) is 32.3 Å². The zero-order valence-corrected chi connectivity index (χ0v) is 12.2. The van der Waals surface area contributed by atoms with Crippen molar-refractivity contribution in [2.75, 3.05) is 19.7 Å². The molecule has 1 saturated heterocycles. The zero-order valence-electron chi connectivity index (χ0n) is 11.4. The molecule has 1 unspecified atom stereocenters. The summed E-state index contributed by atoms with van der Waals surface area (Å²) in [4.78, 5) is 25.3. The average molecular weight is 299 g/mol. The normalized spacial score (nSPS) is 19.4. The van der Waals surface area contributed by atoms with Gasteiger partial charge in [-0.2, -0.15) is 0 Å². The summed E-state index contributed by atoms with van der Waals surface area (Å²) >= 11 is 1.09. The first-order valence-corrected chi connectivity index (χ1v) is 7.21. The van der Waals surface area contributed by atoms with Crippen LogP contribution in [0.2, 0.25) is 0 Å². The highest BCUT2D eigenvalue weighted by molar-refractivity contribution is 7.08. The molecule has 1 aliphatic rings. The van der Waals surface area contributed by atoms with Gasteiger partial charge in [0.15, 0.2) is 0 Å². The fourth-order valence-corrected chi connectivity index (χ4v) is 2.88. The quantitative estimate of drug-likeness (QED) is 0.890. The van der Waals surface area contributed by atoms with Gasteiger partial charge >= 0.3 is 5.97 Å². The lowest BCUT2D eigenvalue weighted by Gasteiger charge is -2.32. The lowest BCUT2D eigenvalue weighted by molar-refractivity contribution is -0.141. The Kier molecular flexibility index (Phi) is 4.66. The summed E-state index contributed by atoms with van der Waals surface area (Å²) in [6.45, 7) is 5.03. The summed E-state index contributed by atoms with van der Waals surface area (Å²) in [5, 5.41) is 12.8. The highest BCUT2D eigenvalue weighted by Gasteiger charge is 2.29. The number of hydrogen-bond acceptors (Lipinski definition) is 6. The van der Waals surface area contributed by atoms with E-state index in [0.29, 0.717) is 30.3 Å². The maximum atomic E-state index is 12.5. The summed E-state index contributed by atoms with van der Waals surface area (Å²) < 4.78 is 9.21. The molecule has 1 N–H and O–H groups in total. The largest absolute Gasteiger partial charge is 0.481 e. The number of carbonyl (C=O) groups excluding carboxylic acids is 1. The molecule has 2 heterocycles. The highest BCUT2D eigenvalue weighted by Crippen LogP contribution is 2.22. The molecule has 0 aromatic carbocycles. The van der Waals surface area contributed by atoms with Crippen LogP contribution in [0.25, 0.3) is 0 Å². The van der Waals surface area contributed by atoms with E-state index in [4.69, 9.17) is 9.84 Å². The van der Waals surface area contributed by atoms with E-state index in [0.717, 1.165) is 11.5 Å². The molecule has 8 heteroatoms. The van der Waals surface area contributed by atoms with Crippen LogP contribution < -0.4 is 0 Å². The van der Waals surface area contributed by atoms with Crippen molar-refractivity contribution in [1.82, 2.24) is 14.5 Å². The lowest BCUT2D eigenvalue weighted by Crippen LogP contribution is -2.46. The second kappa shape index (κ2) is 6.27. The minimum Gasteiger partial charge on any atom is -0.481 e. The molecular weight excluding hydrogens is 282 g/mol. The zero-order chi connectivity index (χ0) is 14.7. The van der Waals surface area contributed by atoms with Gasteiger partial charge in [0.1, 0.15) is 4.88 Å². The van der Waals surface area contributed by atoms with Gasteiger partial charge in [0, 0.05) is 13.1 Å². The summed E-state index contributed by atoms with van der Waals surface area (Å²) in [6, 6.07) is 0. The fourth-order valence-electron chi connectivity index (χ4n) is 2.09. The van der Waals surface area contributed by atoms with Crippen LogP contribution in [-0.2, 0) is 9.53 Å². The number of morpholine rings is 1. The van der Waals surface area contributed by atoms with Crippen molar-refractivity contribution in [3.8, 4) is 0 Å². The molecular formula is C12H17N3O4S. The highest BCUT2D eigenvalue weighted by atomic mass is 32.1. The molecule has 7 nitrogen and oxygen atoms in total. The number of carboxylic acid groups (broad SMARTS) is 1. The molecule has 1 aromatic rings. The number of nitrogens with zero attached hydrogens (tertiary/aromatic N) is 3. The van der Waals surface area contributed by atoms with Crippen molar-refractivity contribution < 1.29 is 19.4 Å². The van der Waals surface area contributed by atoms with E-state index in [9.17, 15) is 9.59 Å². The van der Waals surface area contributed by atoms with Gasteiger partial charge in [0.05, 0.1) is 24.8 Å². The van der Waals surface area contributed by atoms with Crippen LogP contribution in [0.5, 0.6) is 0 Å². The fraction of sp³-hybridized carbons (Fsp3) is 0.667. The van der Waals surface area contributed by atoms with E-state index in [1.165, 1.54) is 0 Å². The number of carbonyl (C=O) groups is 2. The van der Waals surface area contributed by atoms with E-state index >= 15 is 0 Å². The molecule has 20 heavy (non-hydrogen) atoms. The Morgan fingerprint density at radius 2 is 2.30 bits per heavy atom. The third kappa shape index (κ3) is 3.31. The van der Waals surface area contributed by atoms with Crippen molar-refractivity contribution >= 4 is 23.4 Å². The van der Waals surface area contributed by atoms with Crippen LogP contribution in [-0.4, -0.2) is 57.3 Å². The number of aromatic nitrogens is 2. The summed E-state index contributed by atoms with van der Waals surface area (Å²) in [6.07, 6.45) is -0.546. The second-order valence-electron chi connectivity index (χ2n) is 4.98. The summed E-state index contributed by atoms with van der Waals surface area (Å²) in [5.74, 6) is -0.933. The van der Waals surface area contributed by atoms with Gasteiger partial charge < -0.3 is 14.7 Å². The van der Waals surface area contributed by atoms with Gasteiger partial charge in [-0.15, -0.1) is 5.10 Å². The number of aliphatic carboxylic acids is 1. The van der Waals surface area contributed by atoms with Gasteiger partial charge in [-0.3, -0.25) is 9.59 Å². The third-order valence-corrected chi connectivity index (χ3v) is 3.81. The molecule has 2 rings (SSSR count). The van der Waals surface area contributed by atoms with Gasteiger partial charge in [-0.25, -0.2) is 0 Å². The molecule has 0 bridgehead atoms. The Labute approximate surface area is 120 Å². The molecule has 0 spiro atoms. The first kappa shape index (κ1) is 14.9. The van der Waals surface area contributed by atoms with Crippen molar-refractivity contribution in [1.29, 1.82) is 0 Å². The molecule has 1 aromatic heterocycles. The minimum absolute atomic E-state index is 0.0955. The Bertz CT molecular complexity index is 503. The molecule has 1 atom stereocenters. The van der Waals surface area contributed by atoms with Gasteiger partial charge in [-0.1, -0.05) is 18.3 Å². The summed E-state index contributed by atoms with van der Waals surface area (Å²) in [5.41, 5.74) is 0.696. The number of hydrogen-bond donors (Lipinski definition) is 1. The van der Waals surface area contributed by atoms with Crippen molar-refractivity contribution in [3.63, 3.8) is 0 Å². The van der Waals surface area contributed by atoms with E-state index in [2.05, 4.69) is 9.59 Å². The maximum absolute atomic E-state index is 12.5.